The summed E-state index contributed by atoms with van der Waals surface area (Å²) in [4.78, 5) is 0.193. The molecule has 0 aliphatic heterocycles. The molecule has 0 saturated heterocycles. The Bertz CT molecular complexity index is 530. The quantitative estimate of drug-likeness (QED) is 0.768. The molecule has 0 amide bonds. The van der Waals surface area contributed by atoms with E-state index < -0.39 is 10.0 Å². The first-order chi connectivity index (χ1) is 8.95. The Hall–Kier alpha value is -1.42. The molecule has 0 saturated carbocycles. The van der Waals surface area contributed by atoms with Crippen molar-refractivity contribution in [2.75, 3.05) is 13.2 Å². The van der Waals surface area contributed by atoms with Crippen LogP contribution in [-0.4, -0.2) is 27.7 Å². The topological polar surface area (TPSA) is 79.2 Å². The normalized spacial score (nSPS) is 11.5. The Kier molecular flexibility index (Phi) is 5.96. The maximum absolute atomic E-state index is 11.9. The van der Waals surface area contributed by atoms with Crippen molar-refractivity contribution in [3.05, 3.63) is 29.8 Å². The number of nitriles is 1. The molecule has 6 heteroatoms. The molecule has 1 N–H and O–H groups in total. The van der Waals surface area contributed by atoms with Crippen molar-refractivity contribution in [2.24, 2.45) is 0 Å². The molecule has 0 unspecified atom stereocenters. The molecule has 0 fully saturated rings. The Morgan fingerprint density at radius 2 is 1.95 bits per heavy atom. The van der Waals surface area contributed by atoms with Gasteiger partial charge in [-0.3, -0.25) is 0 Å². The molecule has 5 nitrogen and oxygen atoms in total. The van der Waals surface area contributed by atoms with E-state index in [1.807, 2.05) is 19.9 Å². The van der Waals surface area contributed by atoms with Crippen molar-refractivity contribution < 1.29 is 13.2 Å². The number of hydrogen-bond donors (Lipinski definition) is 1. The average Bonchev–Trinajstić information content (AvgIpc) is 2.36. The minimum Gasteiger partial charge on any atom is -0.377 e. The molecule has 19 heavy (non-hydrogen) atoms. The highest BCUT2D eigenvalue weighted by atomic mass is 32.2. The van der Waals surface area contributed by atoms with Gasteiger partial charge in [0.2, 0.25) is 10.0 Å². The molecule has 0 atom stereocenters. The van der Waals surface area contributed by atoms with Gasteiger partial charge < -0.3 is 4.74 Å². The zero-order valence-electron chi connectivity index (χ0n) is 11.1. The largest absolute Gasteiger partial charge is 0.377 e. The third kappa shape index (κ3) is 5.39. The van der Waals surface area contributed by atoms with Crippen molar-refractivity contribution >= 4 is 10.0 Å². The molecule has 1 aromatic carbocycles. The number of sulfonamides is 1. The van der Waals surface area contributed by atoms with Crippen molar-refractivity contribution in [2.45, 2.75) is 31.3 Å². The van der Waals surface area contributed by atoms with Gasteiger partial charge in [0.15, 0.2) is 0 Å². The van der Waals surface area contributed by atoms with Crippen LogP contribution < -0.4 is 4.72 Å². The number of nitrogens with zero attached hydrogens (tertiary/aromatic N) is 1. The Balaban J connectivity index is 2.59. The van der Waals surface area contributed by atoms with E-state index in [-0.39, 0.29) is 24.0 Å². The fourth-order valence-corrected chi connectivity index (χ4v) is 2.44. The van der Waals surface area contributed by atoms with E-state index in [1.54, 1.807) is 12.1 Å². The van der Waals surface area contributed by atoms with Crippen molar-refractivity contribution in [3.63, 3.8) is 0 Å². The van der Waals surface area contributed by atoms with Crippen LogP contribution in [0.25, 0.3) is 0 Å². The molecule has 1 rings (SSSR count). The number of nitrogens with one attached hydrogen (secondary N) is 1. The summed E-state index contributed by atoms with van der Waals surface area (Å²) >= 11 is 0. The fraction of sp³-hybridized carbons (Fsp3) is 0.462. The number of ether oxygens (including phenoxy) is 1. The summed E-state index contributed by atoms with van der Waals surface area (Å²) < 4.78 is 31.6. The van der Waals surface area contributed by atoms with Crippen LogP contribution in [0.3, 0.4) is 0 Å². The van der Waals surface area contributed by atoms with Crippen LogP contribution in [0, 0.1) is 11.3 Å². The van der Waals surface area contributed by atoms with Gasteiger partial charge in [-0.2, -0.15) is 5.26 Å². The lowest BCUT2D eigenvalue weighted by atomic mass is 10.2. The van der Waals surface area contributed by atoms with Gasteiger partial charge in [-0.05, 0) is 31.5 Å². The number of benzene rings is 1. The van der Waals surface area contributed by atoms with Crippen molar-refractivity contribution in [3.8, 4) is 6.07 Å². The Morgan fingerprint density at radius 3 is 2.47 bits per heavy atom. The minimum atomic E-state index is -3.50. The maximum atomic E-state index is 11.9. The molecule has 104 valence electrons. The standard InChI is InChI=1S/C13H18N2O3S/c1-11(2)18-10-9-15-19(16,17)13-5-3-12(4-6-13)7-8-14/h3-6,11,15H,7,9-10H2,1-2H3. The van der Waals surface area contributed by atoms with Gasteiger partial charge in [-0.15, -0.1) is 0 Å². The SMILES string of the molecule is CC(C)OCCNS(=O)(=O)c1ccc(CC#N)cc1. The molecule has 1 aromatic rings. The van der Waals surface area contributed by atoms with Crippen LogP contribution in [0.4, 0.5) is 0 Å². The van der Waals surface area contributed by atoms with E-state index in [0.29, 0.717) is 6.61 Å². The van der Waals surface area contributed by atoms with Gasteiger partial charge in [0, 0.05) is 6.54 Å². The first-order valence-corrected chi connectivity index (χ1v) is 7.51. The monoisotopic (exact) mass is 282 g/mol. The third-order valence-corrected chi connectivity index (χ3v) is 3.84. The highest BCUT2D eigenvalue weighted by Crippen LogP contribution is 2.10. The molecule has 0 heterocycles. The lowest BCUT2D eigenvalue weighted by Crippen LogP contribution is -2.28. The van der Waals surface area contributed by atoms with Gasteiger partial charge in [0.25, 0.3) is 0 Å². The van der Waals surface area contributed by atoms with Crippen LogP contribution in [0.2, 0.25) is 0 Å². The summed E-state index contributed by atoms with van der Waals surface area (Å²) in [6.07, 6.45) is 0.352. The second-order valence-corrected chi connectivity index (χ2v) is 6.06. The summed E-state index contributed by atoms with van der Waals surface area (Å²) in [5.74, 6) is 0. The lowest BCUT2D eigenvalue weighted by Gasteiger charge is -2.09. The second kappa shape index (κ2) is 7.24. The summed E-state index contributed by atoms with van der Waals surface area (Å²) in [5, 5.41) is 8.54. The van der Waals surface area contributed by atoms with E-state index in [9.17, 15) is 8.42 Å². The van der Waals surface area contributed by atoms with Crippen molar-refractivity contribution in [1.29, 1.82) is 5.26 Å². The maximum Gasteiger partial charge on any atom is 0.240 e. The summed E-state index contributed by atoms with van der Waals surface area (Å²) in [5.41, 5.74) is 0.796. The average molecular weight is 282 g/mol. The Morgan fingerprint density at radius 1 is 1.32 bits per heavy atom. The molecule has 0 aromatic heterocycles. The van der Waals surface area contributed by atoms with Gasteiger partial charge in [0.05, 0.1) is 30.1 Å². The summed E-state index contributed by atoms with van der Waals surface area (Å²) in [6.45, 7) is 4.36. The van der Waals surface area contributed by atoms with Crippen molar-refractivity contribution in [1.82, 2.24) is 4.72 Å². The highest BCUT2D eigenvalue weighted by Gasteiger charge is 2.12. The van der Waals surface area contributed by atoms with E-state index in [0.717, 1.165) is 5.56 Å². The first kappa shape index (κ1) is 15.6. The zero-order valence-corrected chi connectivity index (χ0v) is 11.9. The van der Waals surface area contributed by atoms with Crippen LogP contribution in [-0.2, 0) is 21.2 Å². The predicted octanol–water partition coefficient (Wildman–Crippen LogP) is 1.46. The van der Waals surface area contributed by atoms with E-state index in [1.165, 1.54) is 12.1 Å². The highest BCUT2D eigenvalue weighted by molar-refractivity contribution is 7.89. The predicted molar refractivity (Wildman–Crippen MR) is 72.0 cm³/mol. The van der Waals surface area contributed by atoms with E-state index in [2.05, 4.69) is 4.72 Å². The molecule has 0 aliphatic rings. The molecular formula is C13H18N2O3S. The molecule has 0 bridgehead atoms. The number of rotatable bonds is 7. The summed E-state index contributed by atoms with van der Waals surface area (Å²) in [7, 11) is -3.50. The molecule has 0 aliphatic carbocycles. The molecule has 0 spiro atoms. The minimum absolute atomic E-state index is 0.0785. The lowest BCUT2D eigenvalue weighted by molar-refractivity contribution is 0.0834. The fourth-order valence-electron chi connectivity index (χ4n) is 1.43. The summed E-state index contributed by atoms with van der Waals surface area (Å²) in [6, 6.07) is 8.29. The first-order valence-electron chi connectivity index (χ1n) is 6.03. The Labute approximate surface area is 114 Å². The zero-order chi connectivity index (χ0) is 14.3. The van der Waals surface area contributed by atoms with E-state index in [4.69, 9.17) is 10.00 Å². The van der Waals surface area contributed by atoms with Crippen LogP contribution >= 0.6 is 0 Å². The smallest absolute Gasteiger partial charge is 0.240 e. The van der Waals surface area contributed by atoms with Crippen LogP contribution in [0.5, 0.6) is 0 Å². The van der Waals surface area contributed by atoms with Gasteiger partial charge in [-0.25, -0.2) is 13.1 Å². The molecule has 0 radical (unpaired) electrons. The van der Waals surface area contributed by atoms with Gasteiger partial charge in [-0.1, -0.05) is 12.1 Å². The molecular weight excluding hydrogens is 264 g/mol. The third-order valence-electron chi connectivity index (χ3n) is 2.36. The van der Waals surface area contributed by atoms with Gasteiger partial charge >= 0.3 is 0 Å². The van der Waals surface area contributed by atoms with Crippen LogP contribution in [0.1, 0.15) is 19.4 Å². The van der Waals surface area contributed by atoms with Crippen LogP contribution in [0.15, 0.2) is 29.2 Å². The van der Waals surface area contributed by atoms with Gasteiger partial charge in [0.1, 0.15) is 0 Å². The number of hydrogen-bond acceptors (Lipinski definition) is 4. The van der Waals surface area contributed by atoms with E-state index >= 15 is 0 Å². The second-order valence-electron chi connectivity index (χ2n) is 4.30.